The molecule has 0 saturated heterocycles. The van der Waals surface area contributed by atoms with Crippen molar-refractivity contribution in [3.63, 3.8) is 0 Å². The van der Waals surface area contributed by atoms with E-state index in [-0.39, 0.29) is 11.3 Å². The van der Waals surface area contributed by atoms with Gasteiger partial charge in [0.25, 0.3) is 5.78 Å². The van der Waals surface area contributed by atoms with E-state index in [4.69, 9.17) is 4.74 Å². The highest BCUT2D eigenvalue weighted by Crippen LogP contribution is 2.73. The second-order valence-corrected chi connectivity index (χ2v) is 10.2. The minimum absolute atomic E-state index is 0.274. The Morgan fingerprint density at radius 1 is 0.853 bits per heavy atom. The zero-order chi connectivity index (χ0) is 24.0. The monoisotopic (exact) mass is 454 g/mol. The standard InChI is InChI=1S/C30H30O4/c1-28(2)24-18-19-29(28,25(20-24)34-27(32)26(31)21-12-6-3-7-13-21)30(33,22-14-8-4-9-15-22)23-16-10-5-11-17-23/h3-17,24-25,33H,18-20H2,1-2H3/t24-,25-,29-/m1/s1. The van der Waals surface area contributed by atoms with Gasteiger partial charge in [-0.05, 0) is 41.7 Å². The van der Waals surface area contributed by atoms with Gasteiger partial charge >= 0.3 is 5.97 Å². The number of carbonyl (C=O) groups is 2. The Morgan fingerprint density at radius 3 is 1.85 bits per heavy atom. The molecule has 0 heterocycles. The molecule has 0 amide bonds. The van der Waals surface area contributed by atoms with E-state index in [1.807, 2.05) is 60.7 Å². The molecule has 174 valence electrons. The van der Waals surface area contributed by atoms with Crippen LogP contribution in [0.3, 0.4) is 0 Å². The number of aliphatic hydroxyl groups is 1. The van der Waals surface area contributed by atoms with Crippen molar-refractivity contribution in [2.24, 2.45) is 16.7 Å². The third kappa shape index (κ3) is 3.08. The third-order valence-electron chi connectivity index (χ3n) is 8.61. The molecule has 0 aromatic heterocycles. The largest absolute Gasteiger partial charge is 0.456 e. The van der Waals surface area contributed by atoms with Crippen molar-refractivity contribution >= 4 is 11.8 Å². The first kappa shape index (κ1) is 22.5. The van der Waals surface area contributed by atoms with E-state index >= 15 is 0 Å². The Bertz CT molecular complexity index is 1150. The first-order valence-electron chi connectivity index (χ1n) is 12.0. The average molecular weight is 455 g/mol. The molecule has 2 aliphatic carbocycles. The van der Waals surface area contributed by atoms with E-state index in [0.717, 1.165) is 17.5 Å². The summed E-state index contributed by atoms with van der Waals surface area (Å²) in [5.41, 5.74) is -0.663. The predicted octanol–water partition coefficient (Wildman–Crippen LogP) is 5.54. The van der Waals surface area contributed by atoms with Crippen molar-refractivity contribution in [3.05, 3.63) is 108 Å². The van der Waals surface area contributed by atoms with Crippen molar-refractivity contribution < 1.29 is 19.4 Å². The first-order chi connectivity index (χ1) is 16.3. The van der Waals surface area contributed by atoms with Crippen molar-refractivity contribution in [2.45, 2.75) is 44.8 Å². The molecular formula is C30H30O4. The highest BCUT2D eigenvalue weighted by molar-refractivity contribution is 6.40. The molecule has 3 aromatic carbocycles. The summed E-state index contributed by atoms with van der Waals surface area (Å²) in [4.78, 5) is 25.9. The number of Topliss-reactive ketones (excluding diaryl/α,β-unsaturated/α-hetero) is 1. The maximum absolute atomic E-state index is 13.1. The molecule has 34 heavy (non-hydrogen) atoms. The van der Waals surface area contributed by atoms with Crippen LogP contribution in [-0.4, -0.2) is 23.0 Å². The minimum Gasteiger partial charge on any atom is -0.456 e. The van der Waals surface area contributed by atoms with Gasteiger partial charge in [0.2, 0.25) is 0 Å². The van der Waals surface area contributed by atoms with E-state index in [0.29, 0.717) is 18.4 Å². The van der Waals surface area contributed by atoms with E-state index in [2.05, 4.69) is 13.8 Å². The predicted molar refractivity (Wildman–Crippen MR) is 130 cm³/mol. The van der Waals surface area contributed by atoms with Gasteiger partial charge < -0.3 is 9.84 Å². The number of benzene rings is 3. The molecule has 1 N–H and O–H groups in total. The Kier molecular flexibility index (Phi) is 5.44. The van der Waals surface area contributed by atoms with Crippen molar-refractivity contribution in [1.82, 2.24) is 0 Å². The summed E-state index contributed by atoms with van der Waals surface area (Å²) in [6, 6.07) is 27.8. The van der Waals surface area contributed by atoms with E-state index in [9.17, 15) is 14.7 Å². The second-order valence-electron chi connectivity index (χ2n) is 10.2. The van der Waals surface area contributed by atoms with Crippen LogP contribution in [0.5, 0.6) is 0 Å². The zero-order valence-corrected chi connectivity index (χ0v) is 19.6. The van der Waals surface area contributed by atoms with Gasteiger partial charge in [0, 0.05) is 11.0 Å². The van der Waals surface area contributed by atoms with Gasteiger partial charge in [-0.1, -0.05) is 105 Å². The summed E-state index contributed by atoms with van der Waals surface area (Å²) in [6.07, 6.45) is 1.67. The molecule has 2 fully saturated rings. The van der Waals surface area contributed by atoms with Gasteiger partial charge in [-0.15, -0.1) is 0 Å². The lowest BCUT2D eigenvalue weighted by molar-refractivity contribution is -0.180. The molecule has 0 radical (unpaired) electrons. The fourth-order valence-corrected chi connectivity index (χ4v) is 6.86. The first-order valence-corrected chi connectivity index (χ1v) is 12.0. The smallest absolute Gasteiger partial charge is 0.379 e. The highest BCUT2D eigenvalue weighted by atomic mass is 16.6. The summed E-state index contributed by atoms with van der Waals surface area (Å²) in [5.74, 6) is -1.24. The van der Waals surface area contributed by atoms with Crippen molar-refractivity contribution in [1.29, 1.82) is 0 Å². The van der Waals surface area contributed by atoms with Crippen molar-refractivity contribution in [2.75, 3.05) is 0 Å². The number of carbonyl (C=O) groups excluding carboxylic acids is 2. The Morgan fingerprint density at radius 2 is 1.35 bits per heavy atom. The Balaban J connectivity index is 1.62. The quantitative estimate of drug-likeness (QED) is 0.302. The lowest BCUT2D eigenvalue weighted by atomic mass is 9.54. The molecule has 0 aliphatic heterocycles. The number of ether oxygens (including phenoxy) is 1. The molecule has 4 heteroatoms. The van der Waals surface area contributed by atoms with Crippen LogP contribution in [0.15, 0.2) is 91.0 Å². The van der Waals surface area contributed by atoms with Gasteiger partial charge in [-0.3, -0.25) is 4.79 Å². The molecule has 4 nitrogen and oxygen atoms in total. The number of fused-ring (bicyclic) bond motifs is 2. The molecule has 0 spiro atoms. The number of hydrogen-bond donors (Lipinski definition) is 1. The van der Waals surface area contributed by atoms with Crippen LogP contribution >= 0.6 is 0 Å². The van der Waals surface area contributed by atoms with Crippen LogP contribution in [0.2, 0.25) is 0 Å². The third-order valence-corrected chi connectivity index (χ3v) is 8.61. The second kappa shape index (κ2) is 8.21. The summed E-state index contributed by atoms with van der Waals surface area (Å²) < 4.78 is 6.04. The van der Waals surface area contributed by atoms with Crippen LogP contribution < -0.4 is 0 Å². The van der Waals surface area contributed by atoms with Gasteiger partial charge in [-0.2, -0.15) is 0 Å². The topological polar surface area (TPSA) is 63.6 Å². The maximum atomic E-state index is 13.1. The Labute approximate surface area is 200 Å². The summed E-state index contributed by atoms with van der Waals surface area (Å²) in [6.45, 7) is 4.35. The molecular weight excluding hydrogens is 424 g/mol. The fourth-order valence-electron chi connectivity index (χ4n) is 6.86. The van der Waals surface area contributed by atoms with E-state index in [1.165, 1.54) is 0 Å². The summed E-state index contributed by atoms with van der Waals surface area (Å²) >= 11 is 0. The molecule has 5 rings (SSSR count). The van der Waals surface area contributed by atoms with Crippen LogP contribution in [0.4, 0.5) is 0 Å². The van der Waals surface area contributed by atoms with Crippen LogP contribution in [0, 0.1) is 16.7 Å². The lowest BCUT2D eigenvalue weighted by Gasteiger charge is -2.53. The lowest BCUT2D eigenvalue weighted by Crippen LogP contribution is -2.57. The van der Waals surface area contributed by atoms with Gasteiger partial charge in [0.15, 0.2) is 0 Å². The van der Waals surface area contributed by atoms with Crippen LogP contribution in [0.1, 0.15) is 54.6 Å². The van der Waals surface area contributed by atoms with Gasteiger partial charge in [0.1, 0.15) is 11.7 Å². The molecule has 2 aliphatic rings. The summed E-state index contributed by atoms with van der Waals surface area (Å²) in [7, 11) is 0. The molecule has 2 bridgehead atoms. The molecule has 3 aromatic rings. The van der Waals surface area contributed by atoms with Crippen LogP contribution in [-0.2, 0) is 15.1 Å². The van der Waals surface area contributed by atoms with Gasteiger partial charge in [-0.25, -0.2) is 4.79 Å². The number of ketones is 1. The number of rotatable bonds is 6. The minimum atomic E-state index is -1.40. The van der Waals surface area contributed by atoms with E-state index < -0.39 is 28.9 Å². The van der Waals surface area contributed by atoms with Gasteiger partial charge in [0.05, 0.1) is 0 Å². The number of esters is 1. The van der Waals surface area contributed by atoms with E-state index in [1.54, 1.807) is 30.3 Å². The molecule has 2 saturated carbocycles. The summed E-state index contributed by atoms with van der Waals surface area (Å²) in [5, 5.41) is 12.8. The molecule has 3 atom stereocenters. The molecule has 0 unspecified atom stereocenters. The average Bonchev–Trinajstić information content (AvgIpc) is 3.26. The maximum Gasteiger partial charge on any atom is 0.379 e. The van der Waals surface area contributed by atoms with Crippen LogP contribution in [0.25, 0.3) is 0 Å². The normalized spacial score (nSPS) is 25.1. The SMILES string of the molecule is CC1(C)[C@@H]2CC[C@@]1(C(O)(c1ccccc1)c1ccccc1)[C@H](OC(=O)C(=O)c1ccccc1)C2. The highest BCUT2D eigenvalue weighted by Gasteiger charge is 2.74. The zero-order valence-electron chi connectivity index (χ0n) is 19.6. The van der Waals surface area contributed by atoms with Crippen molar-refractivity contribution in [3.8, 4) is 0 Å². The Hall–Kier alpha value is -3.24. The fraction of sp³-hybridized carbons (Fsp3) is 0.333. The number of hydrogen-bond acceptors (Lipinski definition) is 4.